The summed E-state index contributed by atoms with van der Waals surface area (Å²) in [4.78, 5) is 17.3. The van der Waals surface area contributed by atoms with Gasteiger partial charge in [-0.1, -0.05) is 6.42 Å². The van der Waals surface area contributed by atoms with Gasteiger partial charge >= 0.3 is 0 Å². The van der Waals surface area contributed by atoms with Crippen LogP contribution in [0.4, 0.5) is 4.39 Å². The summed E-state index contributed by atoms with van der Waals surface area (Å²) >= 11 is 0. The van der Waals surface area contributed by atoms with E-state index in [2.05, 4.69) is 9.80 Å². The Morgan fingerprint density at radius 2 is 1.88 bits per heavy atom. The number of rotatable bonds is 7. The molecule has 1 aromatic carbocycles. The molecule has 1 aromatic rings. The first kappa shape index (κ1) is 18.5. The van der Waals surface area contributed by atoms with Crippen molar-refractivity contribution in [3.8, 4) is 0 Å². The number of hydrogen-bond acceptors (Lipinski definition) is 4. The fourth-order valence-corrected chi connectivity index (χ4v) is 3.87. The lowest BCUT2D eigenvalue weighted by molar-refractivity contribution is 0.0165. The molecule has 0 aliphatic carbocycles. The minimum atomic E-state index is -0.296. The Balaban J connectivity index is 1.44. The Bertz CT molecular complexity index is 543. The molecule has 0 radical (unpaired) electrons. The molecule has 0 bridgehead atoms. The number of Topliss-reactive ketones (excluding diaryl/α,β-unsaturated/α-hetero) is 1. The molecular weight excluding hydrogens is 319 g/mol. The number of piperidine rings is 1. The molecule has 1 atom stereocenters. The molecule has 2 fully saturated rings. The molecule has 0 amide bonds. The molecule has 2 heterocycles. The van der Waals surface area contributed by atoms with Crippen molar-refractivity contribution in [3.63, 3.8) is 0 Å². The molecule has 5 heteroatoms. The van der Waals surface area contributed by atoms with Crippen LogP contribution in [0.3, 0.4) is 0 Å². The van der Waals surface area contributed by atoms with Crippen LogP contribution in [0.5, 0.6) is 0 Å². The molecule has 25 heavy (non-hydrogen) atoms. The maximum atomic E-state index is 13.0. The second-order valence-electron chi connectivity index (χ2n) is 7.13. The van der Waals surface area contributed by atoms with Crippen LogP contribution in [0.1, 0.15) is 42.5 Å². The zero-order chi connectivity index (χ0) is 17.5. The van der Waals surface area contributed by atoms with Crippen LogP contribution < -0.4 is 0 Å². The predicted octanol–water partition coefficient (Wildman–Crippen LogP) is 2.98. The van der Waals surface area contributed by atoms with Crippen LogP contribution in [-0.4, -0.2) is 67.6 Å². The molecule has 0 aromatic heterocycles. The lowest BCUT2D eigenvalue weighted by atomic mass is 10.00. The number of ether oxygens (including phenoxy) is 1. The summed E-state index contributed by atoms with van der Waals surface area (Å²) in [6.07, 6.45) is 5.22. The van der Waals surface area contributed by atoms with Gasteiger partial charge in [-0.3, -0.25) is 14.6 Å². The van der Waals surface area contributed by atoms with E-state index in [9.17, 15) is 9.18 Å². The number of halogens is 1. The second kappa shape index (κ2) is 9.41. The molecule has 0 saturated carbocycles. The standard InChI is InChI=1S/C20H29FN2O2/c21-18-8-6-17(7-9-18)20(24)5-3-11-23-10-2-1-4-19(23)16-22-12-14-25-15-13-22/h6-9,19H,1-5,10-16H2/t19-/m1/s1. The van der Waals surface area contributed by atoms with Crippen LogP contribution in [0, 0.1) is 5.82 Å². The van der Waals surface area contributed by atoms with Crippen molar-refractivity contribution >= 4 is 5.78 Å². The van der Waals surface area contributed by atoms with E-state index in [1.165, 1.54) is 31.4 Å². The molecule has 2 aliphatic rings. The molecular formula is C20H29FN2O2. The summed E-state index contributed by atoms with van der Waals surface area (Å²) in [7, 11) is 0. The SMILES string of the molecule is O=C(CCCN1CCCC[C@@H]1CN1CCOCC1)c1ccc(F)cc1. The van der Waals surface area contributed by atoms with Gasteiger partial charge in [0.2, 0.25) is 0 Å². The van der Waals surface area contributed by atoms with Crippen molar-refractivity contribution in [1.82, 2.24) is 9.80 Å². The Morgan fingerprint density at radius 1 is 1.12 bits per heavy atom. The van der Waals surface area contributed by atoms with E-state index < -0.39 is 0 Å². The summed E-state index contributed by atoms with van der Waals surface area (Å²) in [6, 6.07) is 6.49. The molecule has 3 rings (SSSR count). The first-order valence-corrected chi connectivity index (χ1v) is 9.55. The number of nitrogens with zero attached hydrogens (tertiary/aromatic N) is 2. The van der Waals surface area contributed by atoms with Crippen molar-refractivity contribution < 1.29 is 13.9 Å². The van der Waals surface area contributed by atoms with Gasteiger partial charge < -0.3 is 4.74 Å². The van der Waals surface area contributed by atoms with Gasteiger partial charge in [-0.15, -0.1) is 0 Å². The van der Waals surface area contributed by atoms with Gasteiger partial charge in [0.05, 0.1) is 13.2 Å². The Hall–Kier alpha value is -1.30. The highest BCUT2D eigenvalue weighted by Crippen LogP contribution is 2.19. The minimum absolute atomic E-state index is 0.113. The van der Waals surface area contributed by atoms with Gasteiger partial charge in [0.1, 0.15) is 5.82 Å². The Labute approximate surface area is 149 Å². The van der Waals surface area contributed by atoms with Gasteiger partial charge in [-0.05, 0) is 56.6 Å². The van der Waals surface area contributed by atoms with Gasteiger partial charge in [-0.25, -0.2) is 4.39 Å². The van der Waals surface area contributed by atoms with Gasteiger partial charge in [0.15, 0.2) is 5.78 Å². The largest absolute Gasteiger partial charge is 0.379 e. The van der Waals surface area contributed by atoms with Crippen molar-refractivity contribution in [1.29, 1.82) is 0 Å². The average molecular weight is 348 g/mol. The van der Waals surface area contributed by atoms with E-state index in [-0.39, 0.29) is 11.6 Å². The lowest BCUT2D eigenvalue weighted by Crippen LogP contribution is -2.49. The van der Waals surface area contributed by atoms with Gasteiger partial charge in [0.25, 0.3) is 0 Å². The highest BCUT2D eigenvalue weighted by Gasteiger charge is 2.25. The van der Waals surface area contributed by atoms with Crippen LogP contribution in [0.2, 0.25) is 0 Å². The van der Waals surface area contributed by atoms with E-state index in [1.807, 2.05) is 0 Å². The zero-order valence-electron chi connectivity index (χ0n) is 15.0. The minimum Gasteiger partial charge on any atom is -0.379 e. The maximum absolute atomic E-state index is 13.0. The van der Waals surface area contributed by atoms with Gasteiger partial charge in [0, 0.05) is 37.7 Å². The fourth-order valence-electron chi connectivity index (χ4n) is 3.87. The van der Waals surface area contributed by atoms with Crippen molar-refractivity contribution in [3.05, 3.63) is 35.6 Å². The first-order chi connectivity index (χ1) is 12.2. The summed E-state index contributed by atoms with van der Waals surface area (Å²) < 4.78 is 18.4. The average Bonchev–Trinajstić information content (AvgIpc) is 2.64. The normalized spacial score (nSPS) is 22.8. The van der Waals surface area contributed by atoms with Crippen molar-refractivity contribution in [2.24, 2.45) is 0 Å². The number of hydrogen-bond donors (Lipinski definition) is 0. The summed E-state index contributed by atoms with van der Waals surface area (Å²) in [6.45, 7) is 7.00. The Morgan fingerprint density at radius 3 is 2.64 bits per heavy atom. The summed E-state index contributed by atoms with van der Waals surface area (Å²) in [5.74, 6) is -0.183. The third-order valence-electron chi connectivity index (χ3n) is 5.34. The van der Waals surface area contributed by atoms with E-state index in [4.69, 9.17) is 4.74 Å². The molecule has 0 spiro atoms. The molecule has 0 unspecified atom stereocenters. The highest BCUT2D eigenvalue weighted by atomic mass is 19.1. The van der Waals surface area contributed by atoms with Crippen LogP contribution >= 0.6 is 0 Å². The topological polar surface area (TPSA) is 32.8 Å². The van der Waals surface area contributed by atoms with E-state index >= 15 is 0 Å². The second-order valence-corrected chi connectivity index (χ2v) is 7.13. The zero-order valence-corrected chi connectivity index (χ0v) is 15.0. The van der Waals surface area contributed by atoms with Crippen molar-refractivity contribution in [2.75, 3.05) is 45.9 Å². The third kappa shape index (κ3) is 5.59. The monoisotopic (exact) mass is 348 g/mol. The molecule has 2 aliphatic heterocycles. The van der Waals surface area contributed by atoms with E-state index in [1.54, 1.807) is 12.1 Å². The van der Waals surface area contributed by atoms with Crippen molar-refractivity contribution in [2.45, 2.75) is 38.1 Å². The Kier molecular flexibility index (Phi) is 6.96. The number of benzene rings is 1. The van der Waals surface area contributed by atoms with Crippen LogP contribution in [0.25, 0.3) is 0 Å². The molecule has 138 valence electrons. The van der Waals surface area contributed by atoms with Crippen LogP contribution in [-0.2, 0) is 4.74 Å². The predicted molar refractivity (Wildman–Crippen MR) is 96.4 cm³/mol. The van der Waals surface area contributed by atoms with E-state index in [0.717, 1.165) is 52.4 Å². The summed E-state index contributed by atoms with van der Waals surface area (Å²) in [5.41, 5.74) is 0.616. The number of likely N-dealkylation sites (tertiary alicyclic amines) is 1. The lowest BCUT2D eigenvalue weighted by Gasteiger charge is -2.39. The van der Waals surface area contributed by atoms with Gasteiger partial charge in [-0.2, -0.15) is 0 Å². The maximum Gasteiger partial charge on any atom is 0.162 e. The van der Waals surface area contributed by atoms with Crippen LogP contribution in [0.15, 0.2) is 24.3 Å². The smallest absolute Gasteiger partial charge is 0.162 e. The number of ketones is 1. The number of carbonyl (C=O) groups excluding carboxylic acids is 1. The third-order valence-corrected chi connectivity index (χ3v) is 5.34. The van der Waals surface area contributed by atoms with E-state index in [0.29, 0.717) is 18.0 Å². The molecule has 2 saturated heterocycles. The highest BCUT2D eigenvalue weighted by molar-refractivity contribution is 5.95. The fraction of sp³-hybridized carbons (Fsp3) is 0.650. The molecule has 4 nitrogen and oxygen atoms in total. The quantitative estimate of drug-likeness (QED) is 0.709. The molecule has 0 N–H and O–H groups in total. The number of morpholine rings is 1. The first-order valence-electron chi connectivity index (χ1n) is 9.55. The number of carbonyl (C=O) groups is 1. The summed E-state index contributed by atoms with van der Waals surface area (Å²) in [5, 5.41) is 0.